The van der Waals surface area contributed by atoms with E-state index in [0.29, 0.717) is 0 Å². The number of hydrogen-bond acceptors (Lipinski definition) is 1. The van der Waals surface area contributed by atoms with Gasteiger partial charge >= 0.3 is 0 Å². The highest BCUT2D eigenvalue weighted by Gasteiger charge is 2.33. The highest BCUT2D eigenvalue weighted by Crippen LogP contribution is 2.32. The molecular formula is C10H21BrO. The summed E-state index contributed by atoms with van der Waals surface area (Å²) in [5.41, 5.74) is 0.175. The zero-order valence-corrected chi connectivity index (χ0v) is 10.5. The van der Waals surface area contributed by atoms with Crippen LogP contribution >= 0.6 is 15.9 Å². The average Bonchev–Trinajstić information content (AvgIpc) is 1.85. The molecule has 12 heavy (non-hydrogen) atoms. The van der Waals surface area contributed by atoms with Gasteiger partial charge in [-0.2, -0.15) is 0 Å². The Morgan fingerprint density at radius 1 is 1.08 bits per heavy atom. The van der Waals surface area contributed by atoms with Gasteiger partial charge in [0.1, 0.15) is 0 Å². The monoisotopic (exact) mass is 236 g/mol. The van der Waals surface area contributed by atoms with Gasteiger partial charge in [-0.1, -0.05) is 36.7 Å². The van der Waals surface area contributed by atoms with Gasteiger partial charge in [-0.15, -0.1) is 0 Å². The molecule has 2 heteroatoms. The Morgan fingerprint density at radius 3 is 1.92 bits per heavy atom. The normalized spacial score (nSPS) is 13.5. The third kappa shape index (κ3) is 3.90. The van der Waals surface area contributed by atoms with Crippen LogP contribution in [0.3, 0.4) is 0 Å². The molecule has 74 valence electrons. The summed E-state index contributed by atoms with van der Waals surface area (Å²) in [4.78, 5) is 0. The lowest BCUT2D eigenvalue weighted by atomic mass is 9.79. The lowest BCUT2D eigenvalue weighted by Gasteiger charge is -2.38. The maximum absolute atomic E-state index is 5.80. The molecule has 0 aliphatic heterocycles. The first-order valence-electron chi connectivity index (χ1n) is 4.51. The first-order valence-corrected chi connectivity index (χ1v) is 5.63. The first-order chi connectivity index (χ1) is 5.31. The van der Waals surface area contributed by atoms with E-state index in [4.69, 9.17) is 4.74 Å². The summed E-state index contributed by atoms with van der Waals surface area (Å²) in [5.74, 6) is 0. The van der Waals surface area contributed by atoms with Crippen LogP contribution in [-0.4, -0.2) is 17.5 Å². The molecule has 0 aliphatic carbocycles. The van der Waals surface area contributed by atoms with Crippen molar-refractivity contribution in [3.8, 4) is 0 Å². The van der Waals surface area contributed by atoms with Crippen LogP contribution in [0.1, 0.15) is 41.0 Å². The van der Waals surface area contributed by atoms with E-state index in [-0.39, 0.29) is 11.0 Å². The Kier molecular flexibility index (Phi) is 4.78. The number of hydrogen-bond donors (Lipinski definition) is 0. The van der Waals surface area contributed by atoms with Crippen LogP contribution in [-0.2, 0) is 4.74 Å². The van der Waals surface area contributed by atoms with Crippen molar-refractivity contribution in [3.05, 3.63) is 0 Å². The summed E-state index contributed by atoms with van der Waals surface area (Å²) >= 11 is 3.39. The van der Waals surface area contributed by atoms with E-state index in [1.54, 1.807) is 0 Å². The SMILES string of the molecule is CC(C)(C)C(C)(C)OCCCBr. The Hall–Kier alpha value is 0.440. The summed E-state index contributed by atoms with van der Waals surface area (Å²) in [6, 6.07) is 0. The van der Waals surface area contributed by atoms with Gasteiger partial charge in [0.15, 0.2) is 0 Å². The molecule has 0 atom stereocenters. The van der Waals surface area contributed by atoms with Crippen LogP contribution in [0.25, 0.3) is 0 Å². The van der Waals surface area contributed by atoms with Gasteiger partial charge in [-0.05, 0) is 25.7 Å². The molecule has 1 nitrogen and oxygen atoms in total. The van der Waals surface area contributed by atoms with E-state index >= 15 is 0 Å². The van der Waals surface area contributed by atoms with E-state index in [1.807, 2.05) is 0 Å². The molecule has 0 fully saturated rings. The molecule has 0 spiro atoms. The lowest BCUT2D eigenvalue weighted by Crippen LogP contribution is -2.39. The van der Waals surface area contributed by atoms with Gasteiger partial charge in [0.05, 0.1) is 5.60 Å². The standard InChI is InChI=1S/C10H21BrO/c1-9(2,3)10(4,5)12-8-6-7-11/h6-8H2,1-5H3. The Bertz CT molecular complexity index is 124. The molecule has 0 heterocycles. The number of halogens is 1. The van der Waals surface area contributed by atoms with E-state index in [1.165, 1.54) is 0 Å². The highest BCUT2D eigenvalue weighted by atomic mass is 79.9. The highest BCUT2D eigenvalue weighted by molar-refractivity contribution is 9.09. The van der Waals surface area contributed by atoms with Gasteiger partial charge in [-0.25, -0.2) is 0 Å². The van der Waals surface area contributed by atoms with E-state index in [9.17, 15) is 0 Å². The number of alkyl halides is 1. The summed E-state index contributed by atoms with van der Waals surface area (Å²) in [7, 11) is 0. The van der Waals surface area contributed by atoms with Crippen molar-refractivity contribution in [3.63, 3.8) is 0 Å². The molecule has 0 bridgehead atoms. The van der Waals surface area contributed by atoms with Crippen LogP contribution in [0.4, 0.5) is 0 Å². The summed E-state index contributed by atoms with van der Waals surface area (Å²) in [6.45, 7) is 11.8. The molecule has 0 aromatic heterocycles. The zero-order valence-electron chi connectivity index (χ0n) is 8.91. The molecular weight excluding hydrogens is 216 g/mol. The molecule has 0 saturated heterocycles. The van der Waals surface area contributed by atoms with Crippen LogP contribution in [0.5, 0.6) is 0 Å². The third-order valence-electron chi connectivity index (χ3n) is 2.55. The quantitative estimate of drug-likeness (QED) is 0.536. The Balaban J connectivity index is 3.88. The predicted octanol–water partition coefficient (Wildman–Crippen LogP) is 3.61. The molecule has 0 rings (SSSR count). The van der Waals surface area contributed by atoms with Crippen molar-refractivity contribution in [1.29, 1.82) is 0 Å². The zero-order chi connectivity index (χ0) is 9.83. The van der Waals surface area contributed by atoms with Gasteiger partial charge in [0, 0.05) is 11.9 Å². The minimum Gasteiger partial charge on any atom is -0.375 e. The van der Waals surface area contributed by atoms with Crippen molar-refractivity contribution in [1.82, 2.24) is 0 Å². The van der Waals surface area contributed by atoms with Crippen LogP contribution in [0.2, 0.25) is 0 Å². The predicted molar refractivity (Wildman–Crippen MR) is 57.9 cm³/mol. The topological polar surface area (TPSA) is 9.23 Å². The molecule has 0 N–H and O–H groups in total. The molecule has 0 aromatic carbocycles. The number of rotatable bonds is 4. The molecule has 0 radical (unpaired) electrons. The molecule has 0 amide bonds. The van der Waals surface area contributed by atoms with Crippen molar-refractivity contribution in [2.45, 2.75) is 46.6 Å². The fourth-order valence-corrected chi connectivity index (χ4v) is 0.827. The van der Waals surface area contributed by atoms with Gasteiger partial charge < -0.3 is 4.74 Å². The molecule has 0 aromatic rings. The van der Waals surface area contributed by atoms with Gasteiger partial charge in [0.2, 0.25) is 0 Å². The van der Waals surface area contributed by atoms with Crippen molar-refractivity contribution in [2.24, 2.45) is 5.41 Å². The van der Waals surface area contributed by atoms with Gasteiger partial charge in [-0.3, -0.25) is 0 Å². The van der Waals surface area contributed by atoms with Gasteiger partial charge in [0.25, 0.3) is 0 Å². The minimum atomic E-state index is -0.0326. The lowest BCUT2D eigenvalue weighted by molar-refractivity contribution is -0.0895. The third-order valence-corrected chi connectivity index (χ3v) is 3.11. The Labute approximate surface area is 85.0 Å². The van der Waals surface area contributed by atoms with Crippen molar-refractivity contribution < 1.29 is 4.74 Å². The maximum Gasteiger partial charge on any atom is 0.0674 e. The van der Waals surface area contributed by atoms with Crippen LogP contribution < -0.4 is 0 Å². The molecule has 0 unspecified atom stereocenters. The smallest absolute Gasteiger partial charge is 0.0674 e. The van der Waals surface area contributed by atoms with E-state index in [0.717, 1.165) is 18.4 Å². The van der Waals surface area contributed by atoms with E-state index < -0.39 is 0 Å². The largest absolute Gasteiger partial charge is 0.375 e. The van der Waals surface area contributed by atoms with Crippen molar-refractivity contribution >= 4 is 15.9 Å². The van der Waals surface area contributed by atoms with E-state index in [2.05, 4.69) is 50.5 Å². The Morgan fingerprint density at radius 2 is 1.58 bits per heavy atom. The second kappa shape index (κ2) is 4.61. The molecule has 0 aliphatic rings. The summed E-state index contributed by atoms with van der Waals surface area (Å²) in [6.07, 6.45) is 1.08. The maximum atomic E-state index is 5.80. The fourth-order valence-electron chi connectivity index (χ4n) is 0.598. The summed E-state index contributed by atoms with van der Waals surface area (Å²) in [5, 5.41) is 1.02. The van der Waals surface area contributed by atoms with Crippen molar-refractivity contribution in [2.75, 3.05) is 11.9 Å². The molecule has 0 saturated carbocycles. The average molecular weight is 237 g/mol. The second-order valence-corrected chi connectivity index (χ2v) is 5.44. The summed E-state index contributed by atoms with van der Waals surface area (Å²) < 4.78 is 5.80. The second-order valence-electron chi connectivity index (χ2n) is 4.65. The van der Waals surface area contributed by atoms with Crippen LogP contribution in [0, 0.1) is 5.41 Å². The minimum absolute atomic E-state index is 0.0326. The first kappa shape index (κ1) is 12.4. The number of ether oxygens (including phenoxy) is 1. The van der Waals surface area contributed by atoms with Crippen LogP contribution in [0.15, 0.2) is 0 Å². The fraction of sp³-hybridized carbons (Fsp3) is 1.00.